The molecule has 0 bridgehead atoms. The third kappa shape index (κ3) is 1.71. The molecule has 1 N–H and O–H groups in total. The maximum atomic E-state index is 12.6. The van der Waals surface area contributed by atoms with Crippen LogP contribution < -0.4 is 10.2 Å². The van der Waals surface area contributed by atoms with Crippen molar-refractivity contribution in [2.45, 2.75) is 26.2 Å². The molecule has 1 aliphatic carbocycles. The zero-order chi connectivity index (χ0) is 14.5. The van der Waals surface area contributed by atoms with Crippen LogP contribution in [0.5, 0.6) is 0 Å². The van der Waals surface area contributed by atoms with Gasteiger partial charge in [0.2, 0.25) is 5.91 Å². The Morgan fingerprint density at radius 3 is 2.50 bits per heavy atom. The molecular formula is C14H13BrN2O3. The number of hydrogen-bond acceptors (Lipinski definition) is 3. The van der Waals surface area contributed by atoms with E-state index in [0.717, 1.165) is 21.4 Å². The summed E-state index contributed by atoms with van der Waals surface area (Å²) >= 11 is 3.35. The van der Waals surface area contributed by atoms with Gasteiger partial charge in [-0.25, -0.2) is 9.69 Å². The molecule has 1 spiro atoms. The third-order valence-corrected chi connectivity index (χ3v) is 4.57. The number of halogens is 1. The quantitative estimate of drug-likeness (QED) is 0.801. The highest BCUT2D eigenvalue weighted by Gasteiger charge is 2.57. The molecule has 20 heavy (non-hydrogen) atoms. The maximum Gasteiger partial charge on any atom is 0.335 e. The lowest BCUT2D eigenvalue weighted by atomic mass is 9.66. The molecule has 0 aromatic heterocycles. The Kier molecular flexibility index (Phi) is 2.93. The van der Waals surface area contributed by atoms with E-state index >= 15 is 0 Å². The van der Waals surface area contributed by atoms with Gasteiger partial charge in [0, 0.05) is 4.47 Å². The number of anilines is 1. The molecule has 2 fully saturated rings. The van der Waals surface area contributed by atoms with E-state index in [-0.39, 0.29) is 0 Å². The van der Waals surface area contributed by atoms with E-state index in [1.807, 2.05) is 13.0 Å². The SMILES string of the molecule is Cc1cc(Br)ccc1N1C(=O)NC(=O)C2(CCC2)C1=O. The van der Waals surface area contributed by atoms with Crippen LogP contribution in [0.15, 0.2) is 22.7 Å². The summed E-state index contributed by atoms with van der Waals surface area (Å²) in [4.78, 5) is 37.7. The van der Waals surface area contributed by atoms with Gasteiger partial charge in [0.25, 0.3) is 5.91 Å². The zero-order valence-corrected chi connectivity index (χ0v) is 12.5. The van der Waals surface area contributed by atoms with Crippen molar-refractivity contribution in [2.24, 2.45) is 5.41 Å². The van der Waals surface area contributed by atoms with Crippen molar-refractivity contribution < 1.29 is 14.4 Å². The minimum absolute atomic E-state index is 0.400. The van der Waals surface area contributed by atoms with Crippen LogP contribution in [-0.4, -0.2) is 17.8 Å². The standard InChI is InChI=1S/C14H13BrN2O3/c1-8-7-9(15)3-4-10(8)17-12(19)14(5-2-6-14)11(18)16-13(17)20/h3-4,7H,2,5-6H2,1H3,(H,16,18,20). The van der Waals surface area contributed by atoms with Crippen LogP contribution >= 0.6 is 15.9 Å². The van der Waals surface area contributed by atoms with E-state index in [1.165, 1.54) is 0 Å². The number of benzene rings is 1. The fraction of sp³-hybridized carbons (Fsp3) is 0.357. The molecule has 6 heteroatoms. The smallest absolute Gasteiger partial charge is 0.276 e. The highest BCUT2D eigenvalue weighted by molar-refractivity contribution is 9.10. The predicted octanol–water partition coefficient (Wildman–Crippen LogP) is 2.51. The molecule has 0 unspecified atom stereocenters. The van der Waals surface area contributed by atoms with E-state index in [9.17, 15) is 14.4 Å². The number of aryl methyl sites for hydroxylation is 1. The molecule has 0 radical (unpaired) electrons. The summed E-state index contributed by atoms with van der Waals surface area (Å²) in [5.74, 6) is -0.854. The topological polar surface area (TPSA) is 66.5 Å². The van der Waals surface area contributed by atoms with E-state index in [4.69, 9.17) is 0 Å². The number of imide groups is 2. The number of carbonyl (C=O) groups is 3. The highest BCUT2D eigenvalue weighted by Crippen LogP contribution is 2.45. The summed E-state index contributed by atoms with van der Waals surface area (Å²) < 4.78 is 0.873. The van der Waals surface area contributed by atoms with Gasteiger partial charge in [0.15, 0.2) is 0 Å². The van der Waals surface area contributed by atoms with Crippen LogP contribution in [0.1, 0.15) is 24.8 Å². The number of nitrogens with zero attached hydrogens (tertiary/aromatic N) is 1. The average molecular weight is 337 g/mol. The molecule has 1 aromatic carbocycles. The molecule has 0 atom stereocenters. The van der Waals surface area contributed by atoms with E-state index in [2.05, 4.69) is 21.2 Å². The van der Waals surface area contributed by atoms with E-state index in [1.54, 1.807) is 12.1 Å². The number of barbiturate groups is 1. The van der Waals surface area contributed by atoms with Crippen LogP contribution in [0.3, 0.4) is 0 Å². The number of amides is 4. The zero-order valence-electron chi connectivity index (χ0n) is 10.9. The van der Waals surface area contributed by atoms with Crippen LogP contribution in [0.25, 0.3) is 0 Å². The summed E-state index contributed by atoms with van der Waals surface area (Å²) in [5, 5.41) is 2.31. The average Bonchev–Trinajstić information content (AvgIpc) is 2.29. The van der Waals surface area contributed by atoms with Crippen molar-refractivity contribution in [3.8, 4) is 0 Å². The molecule has 1 aromatic rings. The van der Waals surface area contributed by atoms with Crippen molar-refractivity contribution in [3.05, 3.63) is 28.2 Å². The van der Waals surface area contributed by atoms with Gasteiger partial charge in [-0.1, -0.05) is 22.4 Å². The molecule has 104 valence electrons. The minimum Gasteiger partial charge on any atom is -0.276 e. The Morgan fingerprint density at radius 1 is 1.25 bits per heavy atom. The van der Waals surface area contributed by atoms with Crippen LogP contribution in [-0.2, 0) is 9.59 Å². The maximum absolute atomic E-state index is 12.6. The first-order chi connectivity index (χ1) is 9.45. The minimum atomic E-state index is -1.03. The normalized spacial score (nSPS) is 20.9. The highest BCUT2D eigenvalue weighted by atomic mass is 79.9. The van der Waals surface area contributed by atoms with E-state index < -0.39 is 23.3 Å². The Labute approximate surface area is 124 Å². The fourth-order valence-electron chi connectivity index (χ4n) is 2.74. The van der Waals surface area contributed by atoms with Crippen molar-refractivity contribution in [1.29, 1.82) is 0 Å². The predicted molar refractivity (Wildman–Crippen MR) is 76.2 cm³/mol. The second kappa shape index (κ2) is 4.41. The van der Waals surface area contributed by atoms with Crippen LogP contribution in [0.2, 0.25) is 0 Å². The number of nitrogens with one attached hydrogen (secondary N) is 1. The summed E-state index contributed by atoms with van der Waals surface area (Å²) in [6, 6.07) is 4.65. The number of urea groups is 1. The van der Waals surface area contributed by atoms with Crippen molar-refractivity contribution in [3.63, 3.8) is 0 Å². The lowest BCUT2D eigenvalue weighted by Crippen LogP contribution is -2.66. The molecule has 1 heterocycles. The Balaban J connectivity index is 2.05. The Hall–Kier alpha value is -1.69. The van der Waals surface area contributed by atoms with Gasteiger partial charge >= 0.3 is 6.03 Å². The molecule has 2 aliphatic rings. The monoisotopic (exact) mass is 336 g/mol. The lowest BCUT2D eigenvalue weighted by molar-refractivity contribution is -0.148. The van der Waals surface area contributed by atoms with Crippen LogP contribution in [0, 0.1) is 12.3 Å². The largest absolute Gasteiger partial charge is 0.335 e. The molecule has 1 aliphatic heterocycles. The second-order valence-electron chi connectivity index (χ2n) is 5.27. The fourth-order valence-corrected chi connectivity index (χ4v) is 3.21. The van der Waals surface area contributed by atoms with E-state index in [0.29, 0.717) is 18.5 Å². The summed E-state index contributed by atoms with van der Waals surface area (Å²) in [6.07, 6.45) is 1.86. The van der Waals surface area contributed by atoms with Crippen molar-refractivity contribution in [2.75, 3.05) is 4.90 Å². The van der Waals surface area contributed by atoms with Gasteiger partial charge in [0.05, 0.1) is 5.69 Å². The second-order valence-corrected chi connectivity index (χ2v) is 6.18. The number of rotatable bonds is 1. The first kappa shape index (κ1) is 13.3. The Morgan fingerprint density at radius 2 is 1.95 bits per heavy atom. The molecule has 3 rings (SSSR count). The van der Waals surface area contributed by atoms with Gasteiger partial charge in [0.1, 0.15) is 5.41 Å². The van der Waals surface area contributed by atoms with Crippen molar-refractivity contribution >= 4 is 39.5 Å². The first-order valence-corrected chi connectivity index (χ1v) is 7.21. The van der Waals surface area contributed by atoms with Gasteiger partial charge in [-0.15, -0.1) is 0 Å². The molecular weight excluding hydrogens is 324 g/mol. The van der Waals surface area contributed by atoms with Gasteiger partial charge in [-0.2, -0.15) is 0 Å². The van der Waals surface area contributed by atoms with Gasteiger partial charge in [-0.3, -0.25) is 14.9 Å². The van der Waals surface area contributed by atoms with Gasteiger partial charge < -0.3 is 0 Å². The lowest BCUT2D eigenvalue weighted by Gasteiger charge is -2.44. The Bertz CT molecular complexity index is 637. The van der Waals surface area contributed by atoms with Gasteiger partial charge in [-0.05, 0) is 43.5 Å². The van der Waals surface area contributed by atoms with Crippen LogP contribution in [0.4, 0.5) is 10.5 Å². The molecule has 1 saturated heterocycles. The third-order valence-electron chi connectivity index (χ3n) is 4.08. The van der Waals surface area contributed by atoms with Crippen molar-refractivity contribution in [1.82, 2.24) is 5.32 Å². The molecule has 4 amide bonds. The molecule has 1 saturated carbocycles. The summed E-state index contributed by atoms with van der Waals surface area (Å²) in [6.45, 7) is 1.82. The first-order valence-electron chi connectivity index (χ1n) is 6.42. The number of hydrogen-bond donors (Lipinski definition) is 1. The summed E-state index contributed by atoms with van der Waals surface area (Å²) in [7, 11) is 0. The molecule has 5 nitrogen and oxygen atoms in total. The number of carbonyl (C=O) groups excluding carboxylic acids is 3. The summed E-state index contributed by atoms with van der Waals surface area (Å²) in [5.41, 5.74) is 0.286.